The first-order valence-electron chi connectivity index (χ1n) is 8.52. The van der Waals surface area contributed by atoms with Crippen molar-refractivity contribution in [3.8, 4) is 0 Å². The first-order chi connectivity index (χ1) is 11.4. The van der Waals surface area contributed by atoms with Gasteiger partial charge in [0.15, 0.2) is 8.32 Å². The van der Waals surface area contributed by atoms with Gasteiger partial charge < -0.3 is 25.3 Å². The van der Waals surface area contributed by atoms with Crippen LogP contribution >= 0.6 is 0 Å². The third-order valence-corrected chi connectivity index (χ3v) is 9.34. The van der Waals surface area contributed by atoms with Crippen LogP contribution in [0.4, 0.5) is 10.5 Å². The number of hydrogen-bond acceptors (Lipinski definition) is 4. The second kappa shape index (κ2) is 9.66. The van der Waals surface area contributed by atoms with Crippen LogP contribution < -0.4 is 5.73 Å². The lowest BCUT2D eigenvalue weighted by Crippen LogP contribution is -2.41. The van der Waals surface area contributed by atoms with Crippen molar-refractivity contribution in [2.45, 2.75) is 45.0 Å². The number of hydrogen-bond donors (Lipinski definition) is 3. The average molecular weight is 355 g/mol. The van der Waals surface area contributed by atoms with Crippen molar-refractivity contribution >= 4 is 20.1 Å². The largest absolute Gasteiger partial charge is 0.465 e. The van der Waals surface area contributed by atoms with Crippen LogP contribution in [0.1, 0.15) is 32.4 Å². The lowest BCUT2D eigenvalue weighted by atomic mass is 10.1. The first kappa shape index (κ1) is 20.5. The van der Waals surface area contributed by atoms with Crippen molar-refractivity contribution in [3.05, 3.63) is 29.8 Å². The van der Waals surface area contributed by atoms with Crippen molar-refractivity contribution in [2.75, 3.05) is 25.4 Å². The van der Waals surface area contributed by atoms with Gasteiger partial charge in [0.2, 0.25) is 0 Å². The van der Waals surface area contributed by atoms with E-state index in [4.69, 9.17) is 10.2 Å². The summed E-state index contributed by atoms with van der Waals surface area (Å²) < 4.78 is 6.10. The number of aliphatic hydroxyl groups excluding tert-OH is 1. The summed E-state index contributed by atoms with van der Waals surface area (Å²) in [6.07, 6.45) is -1.96. The molecule has 1 aromatic rings. The average Bonchev–Trinajstić information content (AvgIpc) is 2.58. The Bertz CT molecular complexity index is 515. The summed E-state index contributed by atoms with van der Waals surface area (Å²) >= 11 is 0. The number of nitrogens with zero attached hydrogens (tertiary/aromatic N) is 1. The smallest absolute Gasteiger partial charge is 0.407 e. The van der Waals surface area contributed by atoms with E-state index < -0.39 is 20.5 Å². The van der Waals surface area contributed by atoms with E-state index in [0.29, 0.717) is 17.9 Å². The molecular formula is C17H30N2O4Si. The van der Waals surface area contributed by atoms with Gasteiger partial charge in [-0.3, -0.25) is 0 Å². The minimum absolute atomic E-state index is 0.00107. The van der Waals surface area contributed by atoms with Gasteiger partial charge in [-0.2, -0.15) is 0 Å². The first-order valence-corrected chi connectivity index (χ1v) is 11.1. The normalized spacial score (nSPS) is 12.8. The molecule has 0 fully saturated rings. The summed E-state index contributed by atoms with van der Waals surface area (Å²) in [6.45, 7) is 7.04. The quantitative estimate of drug-likeness (QED) is 0.442. The Morgan fingerprint density at radius 1 is 1.29 bits per heavy atom. The van der Waals surface area contributed by atoms with E-state index in [1.54, 1.807) is 24.3 Å². The third-order valence-electron chi connectivity index (χ3n) is 4.66. The maximum absolute atomic E-state index is 11.4. The maximum Gasteiger partial charge on any atom is 0.407 e. The molecular weight excluding hydrogens is 324 g/mol. The predicted octanol–water partition coefficient (Wildman–Crippen LogP) is 3.30. The Hall–Kier alpha value is -1.57. The van der Waals surface area contributed by atoms with Crippen molar-refractivity contribution < 1.29 is 19.4 Å². The van der Waals surface area contributed by atoms with Gasteiger partial charge in [-0.1, -0.05) is 32.9 Å². The SMILES string of the molecule is CC[Si](CC)(CC)OCCN(CC(O)c1cccc(N)c1)C(=O)O. The Balaban J connectivity index is 2.63. The second-order valence-corrected chi connectivity index (χ2v) is 10.8. The van der Waals surface area contributed by atoms with Crippen LogP contribution in [0.3, 0.4) is 0 Å². The number of benzene rings is 1. The Morgan fingerprint density at radius 2 is 1.92 bits per heavy atom. The molecule has 1 amide bonds. The molecule has 1 atom stereocenters. The van der Waals surface area contributed by atoms with E-state index in [-0.39, 0.29) is 13.1 Å². The van der Waals surface area contributed by atoms with Crippen LogP contribution in [-0.2, 0) is 4.43 Å². The highest BCUT2D eigenvalue weighted by molar-refractivity contribution is 6.73. The fraction of sp³-hybridized carbons (Fsp3) is 0.588. The van der Waals surface area contributed by atoms with Gasteiger partial charge in [0.05, 0.1) is 19.3 Å². The van der Waals surface area contributed by atoms with Gasteiger partial charge in [-0.25, -0.2) is 4.79 Å². The van der Waals surface area contributed by atoms with Crippen LogP contribution in [0.2, 0.25) is 18.1 Å². The van der Waals surface area contributed by atoms with Crippen molar-refractivity contribution in [1.29, 1.82) is 0 Å². The van der Waals surface area contributed by atoms with Crippen LogP contribution in [0.5, 0.6) is 0 Å². The van der Waals surface area contributed by atoms with Crippen molar-refractivity contribution in [1.82, 2.24) is 4.90 Å². The number of rotatable bonds is 10. The maximum atomic E-state index is 11.4. The molecule has 1 rings (SSSR count). The molecule has 0 heterocycles. The van der Waals surface area contributed by atoms with Crippen LogP contribution in [-0.4, -0.2) is 49.2 Å². The van der Waals surface area contributed by atoms with Crippen LogP contribution in [0.25, 0.3) is 0 Å². The fourth-order valence-corrected chi connectivity index (χ4v) is 5.41. The minimum atomic E-state index is -1.73. The van der Waals surface area contributed by atoms with Crippen molar-refractivity contribution in [3.63, 3.8) is 0 Å². The van der Waals surface area contributed by atoms with E-state index in [1.807, 2.05) is 0 Å². The molecule has 0 aromatic heterocycles. The van der Waals surface area contributed by atoms with E-state index >= 15 is 0 Å². The highest BCUT2D eigenvalue weighted by Crippen LogP contribution is 2.22. The summed E-state index contributed by atoms with van der Waals surface area (Å²) in [7, 11) is -1.73. The molecule has 0 saturated carbocycles. The van der Waals surface area contributed by atoms with Crippen LogP contribution in [0, 0.1) is 0 Å². The zero-order valence-electron chi connectivity index (χ0n) is 14.9. The summed E-state index contributed by atoms with van der Waals surface area (Å²) in [5.74, 6) is 0. The number of amides is 1. The van der Waals surface area contributed by atoms with Crippen LogP contribution in [0.15, 0.2) is 24.3 Å². The topological polar surface area (TPSA) is 96.0 Å². The number of nitrogen functional groups attached to an aromatic ring is 1. The van der Waals surface area contributed by atoms with Gasteiger partial charge in [0.25, 0.3) is 0 Å². The molecule has 0 bridgehead atoms. The Labute approximate surface area is 145 Å². The summed E-state index contributed by atoms with van der Waals surface area (Å²) in [5, 5.41) is 19.6. The fourth-order valence-electron chi connectivity index (χ4n) is 2.77. The minimum Gasteiger partial charge on any atom is -0.465 e. The van der Waals surface area contributed by atoms with E-state index in [9.17, 15) is 15.0 Å². The molecule has 0 spiro atoms. The predicted molar refractivity (Wildman–Crippen MR) is 98.6 cm³/mol. The highest BCUT2D eigenvalue weighted by atomic mass is 28.4. The van der Waals surface area contributed by atoms with E-state index in [0.717, 1.165) is 18.1 Å². The highest BCUT2D eigenvalue weighted by Gasteiger charge is 2.29. The number of carboxylic acid groups (broad SMARTS) is 1. The standard InChI is InChI=1S/C17H30N2O4Si/c1-4-24(5-2,6-3)23-11-10-19(17(21)22)13-16(20)14-8-7-9-15(18)12-14/h7-9,12,16,20H,4-6,10-11,13,18H2,1-3H3,(H,21,22). The Kier molecular flexibility index (Phi) is 8.24. The molecule has 0 aliphatic rings. The number of nitrogens with two attached hydrogens (primary N) is 1. The number of aliphatic hydroxyl groups is 1. The molecule has 7 heteroatoms. The van der Waals surface area contributed by atoms with Gasteiger partial charge >= 0.3 is 6.09 Å². The zero-order valence-corrected chi connectivity index (χ0v) is 15.9. The molecule has 0 aliphatic carbocycles. The van der Waals surface area contributed by atoms with E-state index in [1.165, 1.54) is 4.90 Å². The van der Waals surface area contributed by atoms with Gasteiger partial charge in [0.1, 0.15) is 0 Å². The molecule has 1 aromatic carbocycles. The molecule has 0 saturated heterocycles. The lowest BCUT2D eigenvalue weighted by molar-refractivity contribution is 0.0884. The molecule has 136 valence electrons. The summed E-state index contributed by atoms with van der Waals surface area (Å²) in [4.78, 5) is 12.6. The molecule has 0 radical (unpaired) electrons. The lowest BCUT2D eigenvalue weighted by Gasteiger charge is -2.30. The number of carbonyl (C=O) groups is 1. The summed E-state index contributed by atoms with van der Waals surface area (Å²) in [5.41, 5.74) is 6.86. The molecule has 24 heavy (non-hydrogen) atoms. The summed E-state index contributed by atoms with van der Waals surface area (Å²) in [6, 6.07) is 9.94. The molecule has 0 aliphatic heterocycles. The van der Waals surface area contributed by atoms with Gasteiger partial charge in [-0.05, 0) is 35.8 Å². The monoisotopic (exact) mass is 354 g/mol. The molecule has 1 unspecified atom stereocenters. The second-order valence-electron chi connectivity index (χ2n) is 6.01. The number of anilines is 1. The van der Waals surface area contributed by atoms with Crippen molar-refractivity contribution in [2.24, 2.45) is 0 Å². The Morgan fingerprint density at radius 3 is 2.42 bits per heavy atom. The van der Waals surface area contributed by atoms with E-state index in [2.05, 4.69) is 20.8 Å². The van der Waals surface area contributed by atoms with Gasteiger partial charge in [-0.15, -0.1) is 0 Å². The van der Waals surface area contributed by atoms with Gasteiger partial charge in [0, 0.05) is 12.2 Å². The molecule has 4 N–H and O–H groups in total. The molecule has 6 nitrogen and oxygen atoms in total. The third kappa shape index (κ3) is 5.81. The zero-order chi connectivity index (χ0) is 18.2.